The van der Waals surface area contributed by atoms with E-state index in [-0.39, 0.29) is 0 Å². The van der Waals surface area contributed by atoms with E-state index in [1.807, 2.05) is 18.2 Å². The van der Waals surface area contributed by atoms with Crippen LogP contribution >= 0.6 is 0 Å². The SMILES string of the molecule is C[C@@H]1[C@@H](OC[n+]2ccccc2)C[C@H]2C[C@@H]1C2(C)C. The second-order valence-corrected chi connectivity index (χ2v) is 6.68. The Balaban J connectivity index is 1.59. The summed E-state index contributed by atoms with van der Waals surface area (Å²) in [5, 5.41) is 0. The standard InChI is InChI=1S/C16H24NO/c1-12-14-9-13(16(14,2)3)10-15(12)18-11-17-7-5-4-6-8-17/h4-8,12-15H,9-11H2,1-3H3/q+1/t12-,13+,14-,15-/m0/s1. The van der Waals surface area contributed by atoms with E-state index in [4.69, 9.17) is 4.74 Å². The van der Waals surface area contributed by atoms with Gasteiger partial charge in [0.2, 0.25) is 0 Å². The molecule has 1 heterocycles. The monoisotopic (exact) mass is 246 g/mol. The molecule has 1 aromatic heterocycles. The molecule has 0 aromatic carbocycles. The molecule has 0 unspecified atom stereocenters. The minimum atomic E-state index is 0.453. The van der Waals surface area contributed by atoms with Crippen molar-refractivity contribution in [1.29, 1.82) is 0 Å². The van der Waals surface area contributed by atoms with E-state index in [1.54, 1.807) is 0 Å². The highest BCUT2D eigenvalue weighted by atomic mass is 16.5. The number of aromatic nitrogens is 1. The van der Waals surface area contributed by atoms with Gasteiger partial charge in [-0.25, -0.2) is 0 Å². The van der Waals surface area contributed by atoms with Crippen LogP contribution in [0.15, 0.2) is 30.6 Å². The van der Waals surface area contributed by atoms with E-state index in [9.17, 15) is 0 Å². The van der Waals surface area contributed by atoms with E-state index in [1.165, 1.54) is 12.8 Å². The van der Waals surface area contributed by atoms with Crippen molar-refractivity contribution in [2.24, 2.45) is 23.2 Å². The fourth-order valence-corrected chi connectivity index (χ4v) is 4.02. The average molecular weight is 246 g/mol. The zero-order valence-electron chi connectivity index (χ0n) is 11.7. The van der Waals surface area contributed by atoms with E-state index in [2.05, 4.69) is 37.7 Å². The maximum atomic E-state index is 6.14. The van der Waals surface area contributed by atoms with Gasteiger partial charge in [-0.2, -0.15) is 4.57 Å². The topological polar surface area (TPSA) is 13.1 Å². The molecule has 4 rings (SSSR count). The summed E-state index contributed by atoms with van der Waals surface area (Å²) < 4.78 is 8.25. The molecule has 0 radical (unpaired) electrons. The molecule has 2 heteroatoms. The van der Waals surface area contributed by atoms with Gasteiger partial charge in [0.1, 0.15) is 0 Å². The number of hydrogen-bond donors (Lipinski definition) is 0. The highest BCUT2D eigenvalue weighted by Gasteiger charge is 2.56. The van der Waals surface area contributed by atoms with E-state index < -0.39 is 0 Å². The lowest BCUT2D eigenvalue weighted by atomic mass is 9.45. The van der Waals surface area contributed by atoms with Crippen molar-refractivity contribution in [3.05, 3.63) is 30.6 Å². The number of rotatable bonds is 3. The van der Waals surface area contributed by atoms with Gasteiger partial charge in [-0.3, -0.25) is 0 Å². The van der Waals surface area contributed by atoms with Gasteiger partial charge in [0.05, 0.1) is 6.10 Å². The van der Waals surface area contributed by atoms with Crippen molar-refractivity contribution in [3.8, 4) is 0 Å². The van der Waals surface area contributed by atoms with E-state index in [0.717, 1.165) is 11.8 Å². The fourth-order valence-electron chi connectivity index (χ4n) is 4.02. The van der Waals surface area contributed by atoms with Crippen LogP contribution in [-0.2, 0) is 11.5 Å². The van der Waals surface area contributed by atoms with Crippen molar-refractivity contribution in [2.75, 3.05) is 0 Å². The maximum Gasteiger partial charge on any atom is 0.252 e. The predicted molar refractivity (Wildman–Crippen MR) is 70.7 cm³/mol. The number of pyridine rings is 1. The lowest BCUT2D eigenvalue weighted by Crippen LogP contribution is -2.57. The second-order valence-electron chi connectivity index (χ2n) is 6.68. The maximum absolute atomic E-state index is 6.14. The molecule has 0 aliphatic heterocycles. The molecular weight excluding hydrogens is 222 g/mol. The van der Waals surface area contributed by atoms with Gasteiger partial charge in [-0.1, -0.05) is 26.8 Å². The summed E-state index contributed by atoms with van der Waals surface area (Å²) in [5.74, 6) is 2.45. The van der Waals surface area contributed by atoms with Crippen LogP contribution in [-0.4, -0.2) is 6.10 Å². The van der Waals surface area contributed by atoms with Gasteiger partial charge in [0.15, 0.2) is 12.4 Å². The zero-order valence-corrected chi connectivity index (χ0v) is 11.7. The lowest BCUT2D eigenvalue weighted by Gasteiger charge is -2.61. The normalized spacial score (nSPS) is 37.1. The van der Waals surface area contributed by atoms with Crippen molar-refractivity contribution >= 4 is 0 Å². The molecule has 18 heavy (non-hydrogen) atoms. The molecular formula is C16H24NO+. The highest BCUT2D eigenvalue weighted by molar-refractivity contribution is 5.05. The summed E-state index contributed by atoms with van der Waals surface area (Å²) in [6.07, 6.45) is 7.26. The Labute approximate surface area is 110 Å². The Morgan fingerprint density at radius 2 is 1.89 bits per heavy atom. The average Bonchev–Trinajstić information content (AvgIpc) is 2.38. The molecule has 0 amide bonds. The van der Waals surface area contributed by atoms with Gasteiger partial charge < -0.3 is 4.74 Å². The Hall–Kier alpha value is -0.890. The van der Waals surface area contributed by atoms with Crippen LogP contribution < -0.4 is 4.57 Å². The summed E-state index contributed by atoms with van der Waals surface area (Å²) in [4.78, 5) is 0. The fraction of sp³-hybridized carbons (Fsp3) is 0.688. The first-order valence-corrected chi connectivity index (χ1v) is 7.14. The number of nitrogens with zero attached hydrogens (tertiary/aromatic N) is 1. The van der Waals surface area contributed by atoms with Crippen molar-refractivity contribution in [3.63, 3.8) is 0 Å². The predicted octanol–water partition coefficient (Wildman–Crippen LogP) is 3.02. The Kier molecular flexibility index (Phi) is 2.93. The van der Waals surface area contributed by atoms with Crippen molar-refractivity contribution in [2.45, 2.75) is 46.4 Å². The zero-order chi connectivity index (χ0) is 12.8. The molecule has 0 spiro atoms. The van der Waals surface area contributed by atoms with E-state index >= 15 is 0 Å². The Morgan fingerprint density at radius 3 is 2.50 bits per heavy atom. The van der Waals surface area contributed by atoms with Crippen LogP contribution in [0.3, 0.4) is 0 Å². The molecule has 3 saturated carbocycles. The van der Waals surface area contributed by atoms with Crippen LogP contribution in [0.5, 0.6) is 0 Å². The van der Waals surface area contributed by atoms with Crippen LogP contribution in [0.4, 0.5) is 0 Å². The minimum absolute atomic E-state index is 0.453. The Bertz CT molecular complexity index is 414. The summed E-state index contributed by atoms with van der Waals surface area (Å²) in [7, 11) is 0. The molecule has 0 N–H and O–H groups in total. The highest BCUT2D eigenvalue weighted by Crippen LogP contribution is 2.61. The third kappa shape index (κ3) is 1.87. The third-order valence-electron chi connectivity index (χ3n) is 5.50. The van der Waals surface area contributed by atoms with Crippen LogP contribution in [0.25, 0.3) is 0 Å². The van der Waals surface area contributed by atoms with Gasteiger partial charge in [-0.15, -0.1) is 0 Å². The first-order chi connectivity index (χ1) is 8.59. The summed E-state index contributed by atoms with van der Waals surface area (Å²) in [6.45, 7) is 7.94. The third-order valence-corrected chi connectivity index (χ3v) is 5.50. The van der Waals surface area contributed by atoms with Crippen molar-refractivity contribution < 1.29 is 9.30 Å². The molecule has 3 fully saturated rings. The molecule has 3 aliphatic rings. The number of hydrogen-bond acceptors (Lipinski definition) is 1. The number of ether oxygens (including phenoxy) is 1. The van der Waals surface area contributed by atoms with Crippen LogP contribution in [0.2, 0.25) is 0 Å². The minimum Gasteiger partial charge on any atom is -0.320 e. The smallest absolute Gasteiger partial charge is 0.252 e. The molecule has 2 nitrogen and oxygen atoms in total. The first kappa shape index (κ1) is 12.2. The number of fused-ring (bicyclic) bond motifs is 2. The van der Waals surface area contributed by atoms with Gasteiger partial charge >= 0.3 is 0 Å². The molecule has 0 saturated heterocycles. The summed E-state index contributed by atoms with van der Waals surface area (Å²) in [6, 6.07) is 6.14. The molecule has 3 aliphatic carbocycles. The van der Waals surface area contributed by atoms with Crippen molar-refractivity contribution in [1.82, 2.24) is 0 Å². The largest absolute Gasteiger partial charge is 0.320 e. The molecule has 1 aromatic rings. The molecule has 98 valence electrons. The van der Waals surface area contributed by atoms with E-state index in [0.29, 0.717) is 24.2 Å². The van der Waals surface area contributed by atoms with Gasteiger partial charge in [0.25, 0.3) is 6.73 Å². The Morgan fingerprint density at radius 1 is 1.17 bits per heavy atom. The second kappa shape index (κ2) is 4.34. The lowest BCUT2D eigenvalue weighted by molar-refractivity contribution is -0.735. The molecule has 4 atom stereocenters. The quantitative estimate of drug-likeness (QED) is 0.747. The summed E-state index contributed by atoms with van der Waals surface area (Å²) >= 11 is 0. The summed E-state index contributed by atoms with van der Waals surface area (Å²) in [5.41, 5.74) is 0.555. The molecule has 2 bridgehead atoms. The first-order valence-electron chi connectivity index (χ1n) is 7.14. The van der Waals surface area contributed by atoms with Crippen LogP contribution in [0, 0.1) is 23.2 Å². The van der Waals surface area contributed by atoms with Gasteiger partial charge in [-0.05, 0) is 36.0 Å². The van der Waals surface area contributed by atoms with Crippen LogP contribution in [0.1, 0.15) is 33.6 Å². The van der Waals surface area contributed by atoms with Gasteiger partial charge in [0, 0.05) is 12.1 Å².